The van der Waals surface area contributed by atoms with Crippen LogP contribution in [0.25, 0.3) is 0 Å². The minimum Gasteiger partial charge on any atom is -0.493 e. The molecule has 0 saturated carbocycles. The van der Waals surface area contributed by atoms with Crippen LogP contribution in [0.2, 0.25) is 0 Å². The summed E-state index contributed by atoms with van der Waals surface area (Å²) in [5.41, 5.74) is 1.10. The molecule has 0 fully saturated rings. The Labute approximate surface area is 169 Å². The number of hydrogen-bond donors (Lipinski definition) is 0. The number of hydrogen-bond acceptors (Lipinski definition) is 5. The summed E-state index contributed by atoms with van der Waals surface area (Å²) >= 11 is 0. The van der Waals surface area contributed by atoms with Crippen LogP contribution in [-0.2, 0) is 13.3 Å². The molecule has 0 atom stereocenters. The van der Waals surface area contributed by atoms with Gasteiger partial charge in [0.25, 0.3) is 0 Å². The zero-order valence-corrected chi connectivity index (χ0v) is 18.2. The lowest BCUT2D eigenvalue weighted by atomic mass is 10.0. The molecule has 0 heterocycles. The summed E-state index contributed by atoms with van der Waals surface area (Å²) < 4.78 is 24.3. The third-order valence-corrected chi connectivity index (χ3v) is 7.21. The van der Waals surface area contributed by atoms with E-state index >= 15 is 0 Å². The Hall–Kier alpha value is -1.99. The van der Waals surface area contributed by atoms with Crippen molar-refractivity contribution in [2.24, 2.45) is 0 Å². The van der Waals surface area contributed by atoms with Gasteiger partial charge in [0.05, 0.1) is 11.8 Å². The second-order valence-electron chi connectivity index (χ2n) is 6.08. The highest BCUT2D eigenvalue weighted by Crippen LogP contribution is 2.23. The van der Waals surface area contributed by atoms with E-state index < -0.39 is 8.80 Å². The molecule has 6 heteroatoms. The van der Waals surface area contributed by atoms with Gasteiger partial charge in [-0.1, -0.05) is 49.4 Å². The van der Waals surface area contributed by atoms with Crippen LogP contribution in [0.4, 0.5) is 0 Å². The van der Waals surface area contributed by atoms with Crippen molar-refractivity contribution in [3.8, 4) is 5.75 Å². The summed E-state index contributed by atoms with van der Waals surface area (Å²) in [7, 11) is -3.35. The van der Waals surface area contributed by atoms with Crippen LogP contribution in [0.15, 0.2) is 48.5 Å². The SMILES string of the molecule is CCCOc1cccc(C(=O)c2ccccc2)c1[Si](OCC)(OCC)OCC. The molecule has 0 aliphatic carbocycles. The molecule has 0 N–H and O–H groups in total. The fourth-order valence-electron chi connectivity index (χ4n) is 3.03. The van der Waals surface area contributed by atoms with Crippen molar-refractivity contribution in [3.05, 3.63) is 59.7 Å². The summed E-state index contributed by atoms with van der Waals surface area (Å²) in [5, 5.41) is 0.614. The molecule has 0 radical (unpaired) electrons. The van der Waals surface area contributed by atoms with Gasteiger partial charge in [0.1, 0.15) is 5.75 Å². The Bertz CT molecular complexity index is 731. The number of benzene rings is 2. The molecule has 5 nitrogen and oxygen atoms in total. The van der Waals surface area contributed by atoms with Crippen LogP contribution in [0, 0.1) is 0 Å². The fourth-order valence-corrected chi connectivity index (χ4v) is 5.83. The van der Waals surface area contributed by atoms with Crippen LogP contribution >= 0.6 is 0 Å². The molecule has 152 valence electrons. The summed E-state index contributed by atoms with van der Waals surface area (Å²) in [6.45, 7) is 9.49. The largest absolute Gasteiger partial charge is 0.541 e. The third-order valence-electron chi connectivity index (χ3n) is 4.08. The first-order valence-corrected chi connectivity index (χ1v) is 11.6. The maximum atomic E-state index is 13.4. The molecule has 2 aromatic rings. The number of ketones is 1. The van der Waals surface area contributed by atoms with Gasteiger partial charge in [0.15, 0.2) is 5.78 Å². The molecule has 28 heavy (non-hydrogen) atoms. The molecule has 0 aromatic heterocycles. The van der Waals surface area contributed by atoms with Gasteiger partial charge in [0, 0.05) is 30.9 Å². The van der Waals surface area contributed by atoms with E-state index in [1.165, 1.54) is 0 Å². The summed E-state index contributed by atoms with van der Waals surface area (Å²) in [6, 6.07) is 14.7. The molecule has 0 aliphatic heterocycles. The highest BCUT2D eigenvalue weighted by Gasteiger charge is 2.48. The summed E-state index contributed by atoms with van der Waals surface area (Å²) in [6.07, 6.45) is 0.850. The lowest BCUT2D eigenvalue weighted by Crippen LogP contribution is -2.59. The molecular weight excluding hydrogens is 372 g/mol. The number of carbonyl (C=O) groups is 1. The topological polar surface area (TPSA) is 54.0 Å². The van der Waals surface area contributed by atoms with Crippen LogP contribution in [0.3, 0.4) is 0 Å². The molecule has 0 spiro atoms. The van der Waals surface area contributed by atoms with Gasteiger partial charge in [0.2, 0.25) is 0 Å². The van der Waals surface area contributed by atoms with Gasteiger partial charge >= 0.3 is 8.80 Å². The van der Waals surface area contributed by atoms with Crippen molar-refractivity contribution >= 4 is 19.8 Å². The first-order chi connectivity index (χ1) is 13.6. The molecule has 0 amide bonds. The van der Waals surface area contributed by atoms with Gasteiger partial charge in [-0.25, -0.2) is 0 Å². The Balaban J connectivity index is 2.70. The van der Waals surface area contributed by atoms with E-state index in [4.69, 9.17) is 18.0 Å². The van der Waals surface area contributed by atoms with Crippen LogP contribution < -0.4 is 9.92 Å². The van der Waals surface area contributed by atoms with Crippen molar-refractivity contribution in [3.63, 3.8) is 0 Å². The van der Waals surface area contributed by atoms with E-state index in [-0.39, 0.29) is 5.78 Å². The highest BCUT2D eigenvalue weighted by atomic mass is 28.4. The minimum absolute atomic E-state index is 0.103. The first-order valence-electron chi connectivity index (χ1n) is 9.91. The zero-order chi connectivity index (χ0) is 20.4. The number of rotatable bonds is 12. The molecule has 0 bridgehead atoms. The first kappa shape index (κ1) is 22.3. The smallest absolute Gasteiger partial charge is 0.493 e. The van der Waals surface area contributed by atoms with Crippen molar-refractivity contribution in [1.82, 2.24) is 0 Å². The van der Waals surface area contributed by atoms with E-state index in [1.54, 1.807) is 18.2 Å². The normalized spacial score (nSPS) is 11.4. The van der Waals surface area contributed by atoms with E-state index in [0.717, 1.165) is 6.42 Å². The molecule has 0 saturated heterocycles. The van der Waals surface area contributed by atoms with Gasteiger partial charge in [-0.05, 0) is 33.3 Å². The summed E-state index contributed by atoms with van der Waals surface area (Å²) in [4.78, 5) is 13.4. The molecule has 2 aromatic carbocycles. The Kier molecular flexibility index (Phi) is 8.85. The van der Waals surface area contributed by atoms with Crippen LogP contribution in [-0.4, -0.2) is 41.0 Å². The van der Waals surface area contributed by atoms with E-state index in [9.17, 15) is 4.79 Å². The second kappa shape index (κ2) is 11.1. The zero-order valence-electron chi connectivity index (χ0n) is 17.2. The van der Waals surface area contributed by atoms with Crippen molar-refractivity contribution in [2.75, 3.05) is 26.4 Å². The minimum atomic E-state index is -3.35. The van der Waals surface area contributed by atoms with Crippen LogP contribution in [0.1, 0.15) is 50.0 Å². The number of carbonyl (C=O) groups excluding carboxylic acids is 1. The van der Waals surface area contributed by atoms with Crippen molar-refractivity contribution in [1.29, 1.82) is 0 Å². The lowest BCUT2D eigenvalue weighted by molar-refractivity contribution is 0.0842. The average Bonchev–Trinajstić information content (AvgIpc) is 2.72. The maximum Gasteiger partial charge on any atom is 0.541 e. The third kappa shape index (κ3) is 5.08. The standard InChI is InChI=1S/C22H30O5Si/c1-5-17-24-20-16-12-15-19(21(23)18-13-10-9-11-14-18)22(20)28(25-6-2,26-7-3)27-8-4/h9-16H,5-8,17H2,1-4H3. The Morgan fingerprint density at radius 2 is 1.43 bits per heavy atom. The predicted octanol–water partition coefficient (Wildman–Crippen LogP) is 3.96. The van der Waals surface area contributed by atoms with Gasteiger partial charge < -0.3 is 18.0 Å². The van der Waals surface area contributed by atoms with E-state index in [1.807, 2.05) is 58.0 Å². The maximum absolute atomic E-state index is 13.4. The van der Waals surface area contributed by atoms with Crippen molar-refractivity contribution in [2.45, 2.75) is 34.1 Å². The van der Waals surface area contributed by atoms with Crippen LogP contribution in [0.5, 0.6) is 5.75 Å². The van der Waals surface area contributed by atoms with Gasteiger partial charge in [-0.15, -0.1) is 0 Å². The van der Waals surface area contributed by atoms with Gasteiger partial charge in [-0.2, -0.15) is 0 Å². The van der Waals surface area contributed by atoms with E-state index in [2.05, 4.69) is 0 Å². The Morgan fingerprint density at radius 3 is 1.96 bits per heavy atom. The highest BCUT2D eigenvalue weighted by molar-refractivity contribution is 6.77. The average molecular weight is 403 g/mol. The monoisotopic (exact) mass is 402 g/mol. The fraction of sp³-hybridized carbons (Fsp3) is 0.409. The molecular formula is C22H30O5Si. The molecule has 0 aliphatic rings. The van der Waals surface area contributed by atoms with Crippen molar-refractivity contribution < 1.29 is 22.8 Å². The number of ether oxygens (including phenoxy) is 1. The lowest BCUT2D eigenvalue weighted by Gasteiger charge is -2.31. The molecule has 2 rings (SSSR count). The van der Waals surface area contributed by atoms with Gasteiger partial charge in [-0.3, -0.25) is 4.79 Å². The quantitative estimate of drug-likeness (QED) is 0.397. The second-order valence-corrected chi connectivity index (χ2v) is 8.56. The molecule has 0 unspecified atom stereocenters. The summed E-state index contributed by atoms with van der Waals surface area (Å²) in [5.74, 6) is 0.485. The van der Waals surface area contributed by atoms with E-state index in [0.29, 0.717) is 48.5 Å². The Morgan fingerprint density at radius 1 is 0.821 bits per heavy atom. The predicted molar refractivity (Wildman–Crippen MR) is 112 cm³/mol.